The van der Waals surface area contributed by atoms with Crippen LogP contribution in [0.25, 0.3) is 0 Å². The Kier molecular flexibility index (Phi) is 4.34. The average Bonchev–Trinajstić information content (AvgIpc) is 2.31. The molecule has 0 saturated carbocycles. The Hall–Kier alpha value is -2.02. The maximum atomic E-state index is 11.1. The van der Waals surface area contributed by atoms with E-state index in [0.717, 1.165) is 11.3 Å². The van der Waals surface area contributed by atoms with E-state index in [4.69, 9.17) is 0 Å². The summed E-state index contributed by atoms with van der Waals surface area (Å²) in [6, 6.07) is 1.85. The Morgan fingerprint density at radius 2 is 2.38 bits per heavy atom. The number of pyridine rings is 1. The van der Waals surface area contributed by atoms with Crippen LogP contribution in [0, 0.1) is 11.8 Å². The molecule has 1 heterocycles. The minimum atomic E-state index is -0.279. The molecule has 16 heavy (non-hydrogen) atoms. The Morgan fingerprint density at radius 3 is 2.94 bits per heavy atom. The number of esters is 1. The molecule has 0 aliphatic heterocycles. The van der Waals surface area contributed by atoms with Gasteiger partial charge in [0.15, 0.2) is 0 Å². The molecule has 0 amide bonds. The molecule has 1 aromatic rings. The SMILES string of the molecule is CC#Cc1ncc(CC(=O)OC)cc1NC. The zero-order valence-corrected chi connectivity index (χ0v) is 9.63. The fourth-order valence-corrected chi connectivity index (χ4v) is 1.25. The van der Waals surface area contributed by atoms with Gasteiger partial charge in [-0.2, -0.15) is 0 Å². The van der Waals surface area contributed by atoms with E-state index in [0.29, 0.717) is 5.69 Å². The third-order valence-corrected chi connectivity index (χ3v) is 2.03. The molecule has 0 atom stereocenters. The fourth-order valence-electron chi connectivity index (χ4n) is 1.25. The van der Waals surface area contributed by atoms with Crippen LogP contribution in [0.4, 0.5) is 5.69 Å². The van der Waals surface area contributed by atoms with Crippen LogP contribution in [0.1, 0.15) is 18.2 Å². The molecule has 4 nitrogen and oxygen atoms in total. The second-order valence-electron chi connectivity index (χ2n) is 3.12. The van der Waals surface area contributed by atoms with Crippen molar-refractivity contribution in [2.24, 2.45) is 0 Å². The molecule has 4 heteroatoms. The van der Waals surface area contributed by atoms with E-state index < -0.39 is 0 Å². The van der Waals surface area contributed by atoms with Crippen LogP contribution < -0.4 is 5.32 Å². The van der Waals surface area contributed by atoms with Crippen molar-refractivity contribution in [3.63, 3.8) is 0 Å². The molecule has 0 unspecified atom stereocenters. The molecule has 1 N–H and O–H groups in total. The van der Waals surface area contributed by atoms with Crippen LogP contribution in [0.5, 0.6) is 0 Å². The Balaban J connectivity index is 2.98. The second-order valence-corrected chi connectivity index (χ2v) is 3.12. The molecule has 84 valence electrons. The summed E-state index contributed by atoms with van der Waals surface area (Å²) in [6.07, 6.45) is 1.86. The first kappa shape index (κ1) is 12.1. The fraction of sp³-hybridized carbons (Fsp3) is 0.333. The zero-order valence-electron chi connectivity index (χ0n) is 9.63. The van der Waals surface area contributed by atoms with Crippen LogP contribution in [0.2, 0.25) is 0 Å². The predicted octanol–water partition coefficient (Wildman–Crippen LogP) is 1.21. The number of rotatable bonds is 3. The number of carbonyl (C=O) groups excluding carboxylic acids is 1. The lowest BCUT2D eigenvalue weighted by molar-refractivity contribution is -0.139. The van der Waals surface area contributed by atoms with Crippen molar-refractivity contribution in [1.82, 2.24) is 4.98 Å². The van der Waals surface area contributed by atoms with Gasteiger partial charge in [0.25, 0.3) is 0 Å². The van der Waals surface area contributed by atoms with Crippen molar-refractivity contribution in [2.45, 2.75) is 13.3 Å². The number of hydrogen-bond donors (Lipinski definition) is 1. The highest BCUT2D eigenvalue weighted by Crippen LogP contribution is 2.14. The molecule has 1 aromatic heterocycles. The van der Waals surface area contributed by atoms with Gasteiger partial charge in [0.1, 0.15) is 5.69 Å². The molecule has 0 aliphatic rings. The van der Waals surface area contributed by atoms with Crippen molar-refractivity contribution in [3.05, 3.63) is 23.5 Å². The molecule has 0 aromatic carbocycles. The highest BCUT2D eigenvalue weighted by Gasteiger charge is 2.06. The quantitative estimate of drug-likeness (QED) is 0.612. The maximum Gasteiger partial charge on any atom is 0.310 e. The lowest BCUT2D eigenvalue weighted by Gasteiger charge is -2.05. The summed E-state index contributed by atoms with van der Waals surface area (Å²) in [4.78, 5) is 15.3. The van der Waals surface area contributed by atoms with Crippen LogP contribution in [0.15, 0.2) is 12.3 Å². The summed E-state index contributed by atoms with van der Waals surface area (Å²) in [5.74, 6) is 5.39. The molecule has 1 rings (SSSR count). The van der Waals surface area contributed by atoms with Gasteiger partial charge in [0.2, 0.25) is 0 Å². The first-order valence-electron chi connectivity index (χ1n) is 4.87. The number of anilines is 1. The number of nitrogens with one attached hydrogen (secondary N) is 1. The Bertz CT molecular complexity index is 444. The van der Waals surface area contributed by atoms with Crippen molar-refractivity contribution < 1.29 is 9.53 Å². The van der Waals surface area contributed by atoms with Crippen LogP contribution in [-0.4, -0.2) is 25.1 Å². The molecular formula is C12H14N2O2. The third-order valence-electron chi connectivity index (χ3n) is 2.03. The zero-order chi connectivity index (χ0) is 12.0. The van der Waals surface area contributed by atoms with Crippen molar-refractivity contribution in [1.29, 1.82) is 0 Å². The second kappa shape index (κ2) is 5.76. The van der Waals surface area contributed by atoms with Gasteiger partial charge in [-0.3, -0.25) is 4.79 Å². The van der Waals surface area contributed by atoms with Gasteiger partial charge < -0.3 is 10.1 Å². The van der Waals surface area contributed by atoms with Crippen molar-refractivity contribution in [3.8, 4) is 11.8 Å². The third kappa shape index (κ3) is 2.99. The van der Waals surface area contributed by atoms with Gasteiger partial charge in [0.05, 0.1) is 19.2 Å². The summed E-state index contributed by atoms with van der Waals surface area (Å²) in [5.41, 5.74) is 2.30. The van der Waals surface area contributed by atoms with Gasteiger partial charge in [-0.1, -0.05) is 5.92 Å². The lowest BCUT2D eigenvalue weighted by atomic mass is 10.1. The van der Waals surface area contributed by atoms with E-state index in [1.807, 2.05) is 6.07 Å². The number of ether oxygens (including phenoxy) is 1. The summed E-state index contributed by atoms with van der Waals surface area (Å²) in [6.45, 7) is 1.75. The first-order valence-corrected chi connectivity index (χ1v) is 4.87. The molecule has 0 radical (unpaired) electrons. The van der Waals surface area contributed by atoms with Crippen LogP contribution in [0.3, 0.4) is 0 Å². The molecule has 0 bridgehead atoms. The first-order chi connectivity index (χ1) is 7.71. The molecule has 0 aliphatic carbocycles. The number of methoxy groups -OCH3 is 1. The van der Waals surface area contributed by atoms with E-state index in [1.165, 1.54) is 7.11 Å². The van der Waals surface area contributed by atoms with E-state index in [-0.39, 0.29) is 12.4 Å². The molecule has 0 spiro atoms. The summed E-state index contributed by atoms with van der Waals surface area (Å²) < 4.78 is 4.59. The number of carbonyl (C=O) groups is 1. The summed E-state index contributed by atoms with van der Waals surface area (Å²) in [7, 11) is 3.16. The Morgan fingerprint density at radius 1 is 1.62 bits per heavy atom. The monoisotopic (exact) mass is 218 g/mol. The Labute approximate surface area is 95.0 Å². The average molecular weight is 218 g/mol. The largest absolute Gasteiger partial charge is 0.469 e. The van der Waals surface area contributed by atoms with Crippen molar-refractivity contribution in [2.75, 3.05) is 19.5 Å². The van der Waals surface area contributed by atoms with Crippen LogP contribution in [-0.2, 0) is 16.0 Å². The minimum absolute atomic E-state index is 0.220. The topological polar surface area (TPSA) is 51.2 Å². The molecule has 0 fully saturated rings. The minimum Gasteiger partial charge on any atom is -0.469 e. The standard InChI is InChI=1S/C12H14N2O2/c1-4-5-10-11(13-2)6-9(8-14-10)7-12(15)16-3/h6,8,13H,7H2,1-3H3. The number of hydrogen-bond acceptors (Lipinski definition) is 4. The van der Waals surface area contributed by atoms with Crippen LogP contribution >= 0.6 is 0 Å². The maximum absolute atomic E-state index is 11.1. The van der Waals surface area contributed by atoms with Gasteiger partial charge in [-0.15, -0.1) is 0 Å². The lowest BCUT2D eigenvalue weighted by Crippen LogP contribution is -2.06. The van der Waals surface area contributed by atoms with Gasteiger partial charge in [-0.05, 0) is 24.5 Å². The van der Waals surface area contributed by atoms with Gasteiger partial charge >= 0.3 is 5.97 Å². The number of aromatic nitrogens is 1. The molecule has 0 saturated heterocycles. The summed E-state index contributed by atoms with van der Waals surface area (Å²) in [5, 5.41) is 2.99. The van der Waals surface area contributed by atoms with E-state index in [9.17, 15) is 4.79 Å². The highest BCUT2D eigenvalue weighted by atomic mass is 16.5. The highest BCUT2D eigenvalue weighted by molar-refractivity contribution is 5.73. The smallest absolute Gasteiger partial charge is 0.310 e. The van der Waals surface area contributed by atoms with Crippen molar-refractivity contribution >= 4 is 11.7 Å². The van der Waals surface area contributed by atoms with E-state index >= 15 is 0 Å². The molecular weight excluding hydrogens is 204 g/mol. The number of nitrogens with zero attached hydrogens (tertiary/aromatic N) is 1. The van der Waals surface area contributed by atoms with Gasteiger partial charge in [0, 0.05) is 13.2 Å². The normalized spacial score (nSPS) is 8.94. The van der Waals surface area contributed by atoms with Gasteiger partial charge in [-0.25, -0.2) is 4.98 Å². The predicted molar refractivity (Wildman–Crippen MR) is 62.1 cm³/mol. The van der Waals surface area contributed by atoms with E-state index in [1.54, 1.807) is 20.2 Å². The summed E-state index contributed by atoms with van der Waals surface area (Å²) >= 11 is 0. The van der Waals surface area contributed by atoms with E-state index in [2.05, 4.69) is 26.9 Å².